The highest BCUT2D eigenvalue weighted by Gasteiger charge is 2.44. The van der Waals surface area contributed by atoms with E-state index in [1.54, 1.807) is 0 Å². The van der Waals surface area contributed by atoms with Crippen molar-refractivity contribution in [2.75, 3.05) is 20.6 Å². The van der Waals surface area contributed by atoms with Gasteiger partial charge in [-0.25, -0.2) is 0 Å². The van der Waals surface area contributed by atoms with Crippen LogP contribution < -0.4 is 11.1 Å². The van der Waals surface area contributed by atoms with Crippen LogP contribution in [0.5, 0.6) is 0 Å². The molecule has 3 rings (SSSR count). The van der Waals surface area contributed by atoms with Crippen LogP contribution in [0.4, 0.5) is 0 Å². The number of nitrogens with one attached hydrogen (secondary N) is 1. The van der Waals surface area contributed by atoms with Crippen LogP contribution in [0.25, 0.3) is 0 Å². The summed E-state index contributed by atoms with van der Waals surface area (Å²) in [5, 5.41) is 7.48. The minimum Gasteiger partial charge on any atom is -0.343 e. The number of carbonyl (C=O) groups excluding carboxylic acids is 1. The molecule has 7 heteroatoms. The molecule has 0 spiro atoms. The highest BCUT2D eigenvalue weighted by Crippen LogP contribution is 2.39. The molecule has 1 aromatic heterocycles. The molecule has 2 saturated carbocycles. The summed E-state index contributed by atoms with van der Waals surface area (Å²) < 4.78 is 5.39. The van der Waals surface area contributed by atoms with Gasteiger partial charge < -0.3 is 20.5 Å². The first-order valence-corrected chi connectivity index (χ1v) is 9.04. The van der Waals surface area contributed by atoms with Gasteiger partial charge >= 0.3 is 0 Å². The Bertz CT molecular complexity index is 565. The van der Waals surface area contributed by atoms with Crippen LogP contribution in [0.3, 0.4) is 0 Å². The molecule has 3 N–H and O–H groups in total. The van der Waals surface area contributed by atoms with Crippen LogP contribution in [-0.2, 0) is 16.9 Å². The van der Waals surface area contributed by atoms with Gasteiger partial charge in [-0.05, 0) is 52.2 Å². The van der Waals surface area contributed by atoms with E-state index < -0.39 is 5.54 Å². The zero-order valence-electron chi connectivity index (χ0n) is 14.8. The van der Waals surface area contributed by atoms with Crippen molar-refractivity contribution in [3.63, 3.8) is 0 Å². The standard InChI is InChI=1S/C17H29N5O2/c1-22(2)11-14-19-16(21-24-14)17(8-3-4-9-17)20-15(23)13-7-5-6-12(13)10-18/h12-13H,3-11,18H2,1-2H3,(H,20,23)/t12-,13-/m1/s1. The predicted molar refractivity (Wildman–Crippen MR) is 89.9 cm³/mol. The molecular formula is C17H29N5O2. The number of nitrogens with two attached hydrogens (primary N) is 1. The van der Waals surface area contributed by atoms with E-state index in [1.807, 2.05) is 19.0 Å². The van der Waals surface area contributed by atoms with E-state index in [0.29, 0.717) is 30.7 Å². The number of amides is 1. The maximum Gasteiger partial charge on any atom is 0.240 e. The van der Waals surface area contributed by atoms with Gasteiger partial charge in [0.15, 0.2) is 5.82 Å². The first kappa shape index (κ1) is 17.4. The molecule has 1 aromatic rings. The summed E-state index contributed by atoms with van der Waals surface area (Å²) in [7, 11) is 3.92. The number of rotatable bonds is 6. The summed E-state index contributed by atoms with van der Waals surface area (Å²) in [6.07, 6.45) is 6.96. The average molecular weight is 335 g/mol. The Morgan fingerprint density at radius 1 is 1.33 bits per heavy atom. The summed E-state index contributed by atoms with van der Waals surface area (Å²) in [4.78, 5) is 19.4. The van der Waals surface area contributed by atoms with Crippen molar-refractivity contribution < 1.29 is 9.32 Å². The van der Waals surface area contributed by atoms with Gasteiger partial charge in [0.25, 0.3) is 0 Å². The molecule has 0 unspecified atom stereocenters. The topological polar surface area (TPSA) is 97.3 Å². The summed E-state index contributed by atoms with van der Waals surface area (Å²) in [6, 6.07) is 0. The zero-order chi connectivity index (χ0) is 17.2. The molecule has 1 amide bonds. The first-order chi connectivity index (χ1) is 11.5. The Labute approximate surface area is 143 Å². The quantitative estimate of drug-likeness (QED) is 0.815. The smallest absolute Gasteiger partial charge is 0.240 e. The summed E-state index contributed by atoms with van der Waals surface area (Å²) in [5.41, 5.74) is 5.37. The minimum absolute atomic E-state index is 0.0284. The Morgan fingerprint density at radius 2 is 2.08 bits per heavy atom. The van der Waals surface area contributed by atoms with E-state index >= 15 is 0 Å². The number of aromatic nitrogens is 2. The van der Waals surface area contributed by atoms with Crippen LogP contribution in [0.1, 0.15) is 56.7 Å². The van der Waals surface area contributed by atoms with Crippen molar-refractivity contribution in [2.45, 2.75) is 57.0 Å². The van der Waals surface area contributed by atoms with Crippen LogP contribution in [-0.4, -0.2) is 41.6 Å². The van der Waals surface area contributed by atoms with Gasteiger partial charge in [0.1, 0.15) is 5.54 Å². The van der Waals surface area contributed by atoms with Gasteiger partial charge in [-0.1, -0.05) is 24.4 Å². The highest BCUT2D eigenvalue weighted by atomic mass is 16.5. The molecule has 0 saturated heterocycles. The Morgan fingerprint density at radius 3 is 2.75 bits per heavy atom. The number of hydrogen-bond donors (Lipinski definition) is 2. The number of carbonyl (C=O) groups is 1. The molecule has 2 aliphatic carbocycles. The Kier molecular flexibility index (Phi) is 5.20. The SMILES string of the molecule is CN(C)Cc1nc(C2(NC(=O)[C@@H]3CCC[C@@H]3CN)CCCC2)no1. The van der Waals surface area contributed by atoms with Crippen molar-refractivity contribution in [3.8, 4) is 0 Å². The molecule has 0 bridgehead atoms. The second-order valence-electron chi connectivity index (χ2n) is 7.56. The van der Waals surface area contributed by atoms with Crippen molar-refractivity contribution in [1.29, 1.82) is 0 Å². The Balaban J connectivity index is 1.76. The van der Waals surface area contributed by atoms with Crippen LogP contribution in [0, 0.1) is 11.8 Å². The fourth-order valence-corrected chi connectivity index (χ4v) is 4.16. The highest BCUT2D eigenvalue weighted by molar-refractivity contribution is 5.80. The second kappa shape index (κ2) is 7.19. The van der Waals surface area contributed by atoms with E-state index in [4.69, 9.17) is 10.3 Å². The molecule has 2 fully saturated rings. The predicted octanol–water partition coefficient (Wildman–Crippen LogP) is 1.39. The molecular weight excluding hydrogens is 306 g/mol. The van der Waals surface area contributed by atoms with Crippen LogP contribution in [0.2, 0.25) is 0 Å². The lowest BCUT2D eigenvalue weighted by Gasteiger charge is -2.29. The van der Waals surface area contributed by atoms with Crippen LogP contribution in [0.15, 0.2) is 4.52 Å². The third-order valence-corrected chi connectivity index (χ3v) is 5.47. The van der Waals surface area contributed by atoms with Gasteiger partial charge in [-0.3, -0.25) is 4.79 Å². The summed E-state index contributed by atoms with van der Waals surface area (Å²) >= 11 is 0. The van der Waals surface area contributed by atoms with Gasteiger partial charge in [0, 0.05) is 5.92 Å². The lowest BCUT2D eigenvalue weighted by Crippen LogP contribution is -2.48. The van der Waals surface area contributed by atoms with Crippen molar-refractivity contribution >= 4 is 5.91 Å². The normalized spacial score (nSPS) is 26.2. The maximum absolute atomic E-state index is 12.9. The minimum atomic E-state index is -0.465. The van der Waals surface area contributed by atoms with E-state index in [9.17, 15) is 4.79 Å². The monoisotopic (exact) mass is 335 g/mol. The van der Waals surface area contributed by atoms with Crippen molar-refractivity contribution in [1.82, 2.24) is 20.4 Å². The molecule has 2 atom stereocenters. The molecule has 0 radical (unpaired) electrons. The van der Waals surface area contributed by atoms with Gasteiger partial charge in [-0.2, -0.15) is 4.98 Å². The van der Waals surface area contributed by atoms with Crippen molar-refractivity contribution in [2.24, 2.45) is 17.6 Å². The first-order valence-electron chi connectivity index (χ1n) is 9.04. The van der Waals surface area contributed by atoms with Gasteiger partial charge in [-0.15, -0.1) is 0 Å². The fraction of sp³-hybridized carbons (Fsp3) is 0.824. The van der Waals surface area contributed by atoms with Gasteiger partial charge in [0.05, 0.1) is 6.54 Å². The van der Waals surface area contributed by atoms with E-state index in [1.165, 1.54) is 0 Å². The van der Waals surface area contributed by atoms with Gasteiger partial charge in [0.2, 0.25) is 11.8 Å². The lowest BCUT2D eigenvalue weighted by atomic mass is 9.91. The molecule has 134 valence electrons. The molecule has 1 heterocycles. The molecule has 24 heavy (non-hydrogen) atoms. The molecule has 0 aliphatic heterocycles. The van der Waals surface area contributed by atoms with Crippen molar-refractivity contribution in [3.05, 3.63) is 11.7 Å². The molecule has 2 aliphatic rings. The molecule has 7 nitrogen and oxygen atoms in total. The van der Waals surface area contributed by atoms with E-state index in [-0.39, 0.29) is 11.8 Å². The van der Waals surface area contributed by atoms with E-state index in [0.717, 1.165) is 44.9 Å². The maximum atomic E-state index is 12.9. The van der Waals surface area contributed by atoms with E-state index in [2.05, 4.69) is 15.5 Å². The summed E-state index contributed by atoms with van der Waals surface area (Å²) in [5.74, 6) is 1.67. The summed E-state index contributed by atoms with van der Waals surface area (Å²) in [6.45, 7) is 1.19. The Hall–Kier alpha value is -1.47. The average Bonchev–Trinajstić information content (AvgIpc) is 3.26. The zero-order valence-corrected chi connectivity index (χ0v) is 14.8. The molecule has 0 aromatic carbocycles. The number of hydrogen-bond acceptors (Lipinski definition) is 6. The third kappa shape index (κ3) is 3.47. The number of nitrogens with zero attached hydrogens (tertiary/aromatic N) is 3. The second-order valence-corrected chi connectivity index (χ2v) is 7.56. The lowest BCUT2D eigenvalue weighted by molar-refractivity contribution is -0.128. The largest absolute Gasteiger partial charge is 0.343 e. The van der Waals surface area contributed by atoms with Crippen LogP contribution >= 0.6 is 0 Å². The fourth-order valence-electron chi connectivity index (χ4n) is 4.16. The third-order valence-electron chi connectivity index (χ3n) is 5.47.